The summed E-state index contributed by atoms with van der Waals surface area (Å²) < 4.78 is 2.66. The molecular formula is C48H37NS. The van der Waals surface area contributed by atoms with Gasteiger partial charge in [-0.1, -0.05) is 143 Å². The van der Waals surface area contributed by atoms with Gasteiger partial charge >= 0.3 is 0 Å². The monoisotopic (exact) mass is 659 g/mol. The van der Waals surface area contributed by atoms with Crippen molar-refractivity contribution in [2.75, 3.05) is 4.90 Å². The number of nitrogens with zero attached hydrogens (tertiary/aromatic N) is 1. The second-order valence-electron chi connectivity index (χ2n) is 14.9. The van der Waals surface area contributed by atoms with Crippen LogP contribution < -0.4 is 4.90 Å². The smallest absolute Gasteiger partial charge is 0.0508 e. The molecule has 1 aromatic heterocycles. The summed E-state index contributed by atoms with van der Waals surface area (Å²) in [5.74, 6) is 0. The van der Waals surface area contributed by atoms with E-state index in [0.717, 1.165) is 0 Å². The van der Waals surface area contributed by atoms with Crippen LogP contribution in [0.3, 0.4) is 0 Å². The maximum Gasteiger partial charge on any atom is 0.0508 e. The van der Waals surface area contributed by atoms with Gasteiger partial charge in [0, 0.05) is 36.7 Å². The summed E-state index contributed by atoms with van der Waals surface area (Å²) in [6.07, 6.45) is 0. The Morgan fingerprint density at radius 3 is 1.60 bits per heavy atom. The van der Waals surface area contributed by atoms with Crippen molar-refractivity contribution in [3.05, 3.63) is 174 Å². The molecule has 0 N–H and O–H groups in total. The average molecular weight is 660 g/mol. The lowest BCUT2D eigenvalue weighted by Crippen LogP contribution is -2.24. The number of anilines is 3. The molecule has 1 heterocycles. The van der Waals surface area contributed by atoms with Crippen molar-refractivity contribution in [3.63, 3.8) is 0 Å². The van der Waals surface area contributed by atoms with E-state index in [2.05, 4.69) is 184 Å². The quantitative estimate of drug-likeness (QED) is 0.182. The third-order valence-corrected chi connectivity index (χ3v) is 12.5. The van der Waals surface area contributed by atoms with Crippen molar-refractivity contribution in [2.24, 2.45) is 0 Å². The molecule has 7 aromatic carbocycles. The minimum Gasteiger partial charge on any atom is -0.310 e. The third-order valence-electron chi connectivity index (χ3n) is 11.4. The Bertz CT molecular complexity index is 2560. The number of hydrogen-bond donors (Lipinski definition) is 0. The van der Waals surface area contributed by atoms with Crippen LogP contribution in [0.25, 0.3) is 53.6 Å². The molecule has 0 aliphatic heterocycles. The van der Waals surface area contributed by atoms with Gasteiger partial charge in [-0.3, -0.25) is 0 Å². The summed E-state index contributed by atoms with van der Waals surface area (Å²) in [6, 6.07) is 56.7. The predicted molar refractivity (Wildman–Crippen MR) is 215 cm³/mol. The lowest BCUT2D eigenvalue weighted by atomic mass is 9.80. The van der Waals surface area contributed by atoms with Gasteiger partial charge in [0.15, 0.2) is 0 Å². The highest BCUT2D eigenvalue weighted by molar-refractivity contribution is 7.25. The molecule has 2 aliphatic carbocycles. The van der Waals surface area contributed by atoms with E-state index < -0.39 is 0 Å². The normalized spacial score (nSPS) is 14.7. The number of rotatable bonds is 4. The van der Waals surface area contributed by atoms with Crippen molar-refractivity contribution in [1.82, 2.24) is 0 Å². The molecule has 0 fully saturated rings. The summed E-state index contributed by atoms with van der Waals surface area (Å²) in [4.78, 5) is 2.57. The van der Waals surface area contributed by atoms with Gasteiger partial charge in [0.1, 0.15) is 0 Å². The molecule has 0 spiro atoms. The Hall–Kier alpha value is -5.44. The van der Waals surface area contributed by atoms with E-state index in [9.17, 15) is 0 Å². The molecule has 0 saturated carbocycles. The Balaban J connectivity index is 1.22. The van der Waals surface area contributed by atoms with E-state index >= 15 is 0 Å². The highest BCUT2D eigenvalue weighted by atomic mass is 32.1. The van der Waals surface area contributed by atoms with E-state index in [1.54, 1.807) is 0 Å². The molecular weight excluding hydrogens is 623 g/mol. The zero-order chi connectivity index (χ0) is 33.8. The molecule has 10 rings (SSSR count). The van der Waals surface area contributed by atoms with Gasteiger partial charge in [-0.25, -0.2) is 0 Å². The van der Waals surface area contributed by atoms with Gasteiger partial charge in [-0.2, -0.15) is 0 Å². The highest BCUT2D eigenvalue weighted by Crippen LogP contribution is 2.58. The maximum atomic E-state index is 2.57. The minimum atomic E-state index is -0.166. The number of benzene rings is 7. The molecule has 0 saturated heterocycles. The Kier molecular flexibility index (Phi) is 6.21. The minimum absolute atomic E-state index is 0.166. The number of hydrogen-bond acceptors (Lipinski definition) is 2. The van der Waals surface area contributed by atoms with Crippen LogP contribution in [0.15, 0.2) is 152 Å². The fraction of sp³-hybridized carbons (Fsp3) is 0.125. The first kappa shape index (κ1) is 29.5. The van der Waals surface area contributed by atoms with Gasteiger partial charge in [0.2, 0.25) is 0 Å². The van der Waals surface area contributed by atoms with Crippen LogP contribution in [-0.2, 0) is 10.8 Å². The SMILES string of the molecule is CC1(C)c2ccccc2-c2cccc(N(c3cccc(-c4ccc5c(c4)sc4ccccc45)c3)c3cccc4c3C(C)(C)c3ccccc3-4)c21. The maximum absolute atomic E-state index is 2.57. The lowest BCUT2D eigenvalue weighted by Gasteiger charge is -2.35. The Morgan fingerprint density at radius 1 is 0.420 bits per heavy atom. The first-order valence-corrected chi connectivity index (χ1v) is 18.4. The molecule has 0 radical (unpaired) electrons. The zero-order valence-corrected chi connectivity index (χ0v) is 29.6. The number of fused-ring (bicyclic) bond motifs is 9. The van der Waals surface area contributed by atoms with Crippen molar-refractivity contribution in [1.29, 1.82) is 0 Å². The van der Waals surface area contributed by atoms with Gasteiger partial charge in [0.25, 0.3) is 0 Å². The molecule has 2 heteroatoms. The fourth-order valence-corrected chi connectivity index (χ4v) is 10.3. The molecule has 50 heavy (non-hydrogen) atoms. The van der Waals surface area contributed by atoms with Crippen LogP contribution in [0.5, 0.6) is 0 Å². The summed E-state index contributed by atoms with van der Waals surface area (Å²) >= 11 is 1.88. The number of thiophene rings is 1. The molecule has 2 aliphatic rings. The third kappa shape index (κ3) is 4.06. The van der Waals surface area contributed by atoms with Crippen LogP contribution in [0, 0.1) is 0 Å². The van der Waals surface area contributed by atoms with Gasteiger partial charge in [-0.15, -0.1) is 11.3 Å². The van der Waals surface area contributed by atoms with E-state index in [4.69, 9.17) is 0 Å². The first-order valence-electron chi connectivity index (χ1n) is 17.6. The molecule has 8 aromatic rings. The Morgan fingerprint density at radius 2 is 0.940 bits per heavy atom. The van der Waals surface area contributed by atoms with Gasteiger partial charge in [0.05, 0.1) is 11.4 Å². The average Bonchev–Trinajstić information content (AvgIpc) is 3.72. The summed E-state index contributed by atoms with van der Waals surface area (Å²) in [5.41, 5.74) is 16.6. The summed E-state index contributed by atoms with van der Waals surface area (Å²) in [5, 5.41) is 2.66. The molecule has 0 unspecified atom stereocenters. The largest absolute Gasteiger partial charge is 0.310 e. The second-order valence-corrected chi connectivity index (χ2v) is 16.0. The molecule has 1 nitrogen and oxygen atoms in total. The first-order chi connectivity index (χ1) is 24.3. The van der Waals surface area contributed by atoms with Crippen molar-refractivity contribution >= 4 is 48.6 Å². The van der Waals surface area contributed by atoms with Crippen molar-refractivity contribution < 1.29 is 0 Å². The van der Waals surface area contributed by atoms with Crippen LogP contribution in [0.1, 0.15) is 49.9 Å². The van der Waals surface area contributed by atoms with Crippen LogP contribution in [-0.4, -0.2) is 0 Å². The molecule has 0 bridgehead atoms. The standard InChI is InChI=1S/C48H37NS/c1-47(2)39-21-8-5-16-33(39)37-19-12-23-41(45(37)47)49(42-24-13-20-38-34-17-6-9-22-40(34)48(3,4)46(38)42)32-15-11-14-30(28-32)31-26-27-36-35-18-7-10-25-43(35)50-44(36)29-31/h5-29H,1-4H3. The Labute approximate surface area is 298 Å². The fourth-order valence-electron chi connectivity index (χ4n) is 9.15. The van der Waals surface area contributed by atoms with Gasteiger partial charge in [-0.05, 0) is 92.0 Å². The highest BCUT2D eigenvalue weighted by Gasteiger charge is 2.42. The van der Waals surface area contributed by atoms with Crippen LogP contribution >= 0.6 is 11.3 Å². The van der Waals surface area contributed by atoms with Crippen molar-refractivity contribution in [2.45, 2.75) is 38.5 Å². The van der Waals surface area contributed by atoms with E-state index in [-0.39, 0.29) is 10.8 Å². The summed E-state index contributed by atoms with van der Waals surface area (Å²) in [7, 11) is 0. The lowest BCUT2D eigenvalue weighted by molar-refractivity contribution is 0.656. The zero-order valence-electron chi connectivity index (χ0n) is 28.8. The van der Waals surface area contributed by atoms with Crippen molar-refractivity contribution in [3.8, 4) is 33.4 Å². The molecule has 0 amide bonds. The molecule has 0 atom stereocenters. The second kappa shape index (κ2) is 10.5. The predicted octanol–water partition coefficient (Wildman–Crippen LogP) is 13.8. The summed E-state index contributed by atoms with van der Waals surface area (Å²) in [6.45, 7) is 9.58. The molecule has 240 valence electrons. The van der Waals surface area contributed by atoms with Crippen LogP contribution in [0.2, 0.25) is 0 Å². The van der Waals surface area contributed by atoms with Gasteiger partial charge < -0.3 is 4.90 Å². The van der Waals surface area contributed by atoms with E-state index in [0.29, 0.717) is 0 Å². The van der Waals surface area contributed by atoms with E-state index in [1.807, 2.05) is 11.3 Å². The van der Waals surface area contributed by atoms with Crippen LogP contribution in [0.4, 0.5) is 17.1 Å². The van der Waals surface area contributed by atoms with E-state index in [1.165, 1.54) is 92.9 Å². The topological polar surface area (TPSA) is 3.24 Å².